The van der Waals surface area contributed by atoms with E-state index in [0.717, 1.165) is 24.3 Å². The zero-order valence-corrected chi connectivity index (χ0v) is 12.8. The number of sulfonamides is 1. The SMILES string of the molecule is Nc1cc(Cl)ccc1S(=O)(=O)NCC1CCSCC1. The molecule has 7 heteroatoms. The molecule has 0 atom stereocenters. The Morgan fingerprint density at radius 2 is 2.05 bits per heavy atom. The third-order valence-electron chi connectivity index (χ3n) is 3.16. The zero-order chi connectivity index (χ0) is 13.9. The molecule has 0 unspecified atom stereocenters. The highest BCUT2D eigenvalue weighted by Crippen LogP contribution is 2.24. The van der Waals surface area contributed by atoms with E-state index in [1.54, 1.807) is 0 Å². The molecule has 0 radical (unpaired) electrons. The number of hydrogen-bond donors (Lipinski definition) is 2. The molecule has 0 bridgehead atoms. The smallest absolute Gasteiger partial charge is 0.242 e. The fourth-order valence-corrected chi connectivity index (χ4v) is 4.63. The maximum Gasteiger partial charge on any atom is 0.242 e. The first-order chi connectivity index (χ1) is 8.99. The van der Waals surface area contributed by atoms with E-state index in [1.807, 2.05) is 11.8 Å². The van der Waals surface area contributed by atoms with E-state index in [-0.39, 0.29) is 10.6 Å². The van der Waals surface area contributed by atoms with Crippen molar-refractivity contribution >= 4 is 39.1 Å². The van der Waals surface area contributed by atoms with Gasteiger partial charge in [0.25, 0.3) is 0 Å². The highest BCUT2D eigenvalue weighted by molar-refractivity contribution is 7.99. The molecule has 1 saturated heterocycles. The summed E-state index contributed by atoms with van der Waals surface area (Å²) in [6.45, 7) is 0.477. The first-order valence-electron chi connectivity index (χ1n) is 6.11. The number of anilines is 1. The molecular weight excluding hydrogens is 304 g/mol. The van der Waals surface area contributed by atoms with Gasteiger partial charge in [-0.05, 0) is 48.5 Å². The molecule has 1 aromatic rings. The number of rotatable bonds is 4. The Morgan fingerprint density at radius 1 is 1.37 bits per heavy atom. The van der Waals surface area contributed by atoms with Crippen molar-refractivity contribution < 1.29 is 8.42 Å². The Morgan fingerprint density at radius 3 is 2.68 bits per heavy atom. The minimum atomic E-state index is -3.55. The van der Waals surface area contributed by atoms with Gasteiger partial charge in [-0.1, -0.05) is 11.6 Å². The van der Waals surface area contributed by atoms with Crippen molar-refractivity contribution in [1.29, 1.82) is 0 Å². The number of hydrogen-bond acceptors (Lipinski definition) is 4. The first kappa shape index (κ1) is 15.0. The van der Waals surface area contributed by atoms with Crippen LogP contribution in [0.25, 0.3) is 0 Å². The second-order valence-corrected chi connectivity index (χ2v) is 7.99. The van der Waals surface area contributed by atoms with Crippen LogP contribution in [0.2, 0.25) is 5.02 Å². The van der Waals surface area contributed by atoms with Crippen molar-refractivity contribution in [3.63, 3.8) is 0 Å². The van der Waals surface area contributed by atoms with Gasteiger partial charge < -0.3 is 5.73 Å². The Kier molecular flexibility index (Phi) is 5.00. The molecule has 1 fully saturated rings. The van der Waals surface area contributed by atoms with Gasteiger partial charge in [-0.25, -0.2) is 13.1 Å². The molecule has 19 heavy (non-hydrogen) atoms. The molecule has 0 spiro atoms. The van der Waals surface area contributed by atoms with Crippen molar-refractivity contribution in [2.24, 2.45) is 5.92 Å². The molecule has 1 heterocycles. The summed E-state index contributed by atoms with van der Waals surface area (Å²) >= 11 is 7.69. The molecule has 3 N–H and O–H groups in total. The Labute approximate surface area is 123 Å². The third-order valence-corrected chi connectivity index (χ3v) is 5.95. The van der Waals surface area contributed by atoms with Crippen molar-refractivity contribution in [2.75, 3.05) is 23.8 Å². The van der Waals surface area contributed by atoms with E-state index in [0.29, 0.717) is 17.5 Å². The van der Waals surface area contributed by atoms with E-state index in [4.69, 9.17) is 17.3 Å². The maximum absolute atomic E-state index is 12.2. The second-order valence-electron chi connectivity index (χ2n) is 4.59. The molecule has 0 amide bonds. The zero-order valence-electron chi connectivity index (χ0n) is 10.4. The first-order valence-corrected chi connectivity index (χ1v) is 9.13. The van der Waals surface area contributed by atoms with Crippen LogP contribution in [0, 0.1) is 5.92 Å². The maximum atomic E-state index is 12.2. The van der Waals surface area contributed by atoms with E-state index >= 15 is 0 Å². The van der Waals surface area contributed by atoms with Crippen molar-refractivity contribution in [3.8, 4) is 0 Å². The fourth-order valence-electron chi connectivity index (χ4n) is 2.02. The van der Waals surface area contributed by atoms with Crippen LogP contribution in [0.3, 0.4) is 0 Å². The van der Waals surface area contributed by atoms with Gasteiger partial charge >= 0.3 is 0 Å². The van der Waals surface area contributed by atoms with Crippen molar-refractivity contribution in [2.45, 2.75) is 17.7 Å². The molecule has 2 rings (SSSR count). The van der Waals surface area contributed by atoms with Crippen LogP contribution in [0.1, 0.15) is 12.8 Å². The van der Waals surface area contributed by atoms with Crippen molar-refractivity contribution in [3.05, 3.63) is 23.2 Å². The van der Waals surface area contributed by atoms with Gasteiger partial charge in [0.05, 0.1) is 5.69 Å². The Hall–Kier alpha value is -0.430. The summed E-state index contributed by atoms with van der Waals surface area (Å²) in [5.41, 5.74) is 5.89. The summed E-state index contributed by atoms with van der Waals surface area (Å²) in [5.74, 6) is 2.63. The summed E-state index contributed by atoms with van der Waals surface area (Å²) < 4.78 is 27.0. The number of halogens is 1. The molecule has 0 aliphatic carbocycles. The van der Waals surface area contributed by atoms with Crippen LogP contribution in [0.4, 0.5) is 5.69 Å². The molecular formula is C12H17ClN2O2S2. The van der Waals surface area contributed by atoms with Crippen molar-refractivity contribution in [1.82, 2.24) is 4.72 Å². The van der Waals surface area contributed by atoms with Gasteiger partial charge in [-0.3, -0.25) is 0 Å². The predicted molar refractivity (Wildman–Crippen MR) is 81.1 cm³/mol. The monoisotopic (exact) mass is 320 g/mol. The fraction of sp³-hybridized carbons (Fsp3) is 0.500. The van der Waals surface area contributed by atoms with E-state index in [9.17, 15) is 8.42 Å². The number of nitrogen functional groups attached to an aromatic ring is 1. The minimum absolute atomic E-state index is 0.0992. The summed E-state index contributed by atoms with van der Waals surface area (Å²) in [4.78, 5) is 0.0992. The molecule has 106 valence electrons. The van der Waals surface area contributed by atoms with Crippen LogP contribution in [-0.4, -0.2) is 26.5 Å². The van der Waals surface area contributed by atoms with Gasteiger partial charge in [-0.2, -0.15) is 11.8 Å². The molecule has 0 aromatic heterocycles. The third kappa shape index (κ3) is 4.02. The summed E-state index contributed by atoms with van der Waals surface area (Å²) in [5, 5.41) is 0.431. The van der Waals surface area contributed by atoms with Crippen LogP contribution >= 0.6 is 23.4 Å². The lowest BCUT2D eigenvalue weighted by Gasteiger charge is -2.21. The van der Waals surface area contributed by atoms with Gasteiger partial charge in [0.1, 0.15) is 4.90 Å². The number of thioether (sulfide) groups is 1. The van der Waals surface area contributed by atoms with Crippen LogP contribution in [0.15, 0.2) is 23.1 Å². The normalized spacial score (nSPS) is 17.5. The molecule has 1 aromatic carbocycles. The molecule has 0 saturated carbocycles. The summed E-state index contributed by atoms with van der Waals surface area (Å²) in [6.07, 6.45) is 2.12. The van der Waals surface area contributed by atoms with Crippen LogP contribution in [-0.2, 0) is 10.0 Å². The highest BCUT2D eigenvalue weighted by atomic mass is 35.5. The molecule has 1 aliphatic heterocycles. The number of nitrogens with two attached hydrogens (primary N) is 1. The largest absolute Gasteiger partial charge is 0.398 e. The van der Waals surface area contributed by atoms with E-state index < -0.39 is 10.0 Å². The predicted octanol–water partition coefficient (Wildman–Crippen LogP) is 2.34. The van der Waals surface area contributed by atoms with E-state index in [2.05, 4.69) is 4.72 Å². The Bertz CT molecular complexity index is 543. The summed E-state index contributed by atoms with van der Waals surface area (Å²) in [6, 6.07) is 4.42. The average molecular weight is 321 g/mol. The standard InChI is InChI=1S/C12H17ClN2O2S2/c13-10-1-2-12(11(14)7-10)19(16,17)15-8-9-3-5-18-6-4-9/h1-2,7,9,15H,3-6,8,14H2. The number of nitrogens with one attached hydrogen (secondary N) is 1. The lowest BCUT2D eigenvalue weighted by atomic mass is 10.0. The van der Waals surface area contributed by atoms with E-state index in [1.165, 1.54) is 18.2 Å². The number of benzene rings is 1. The van der Waals surface area contributed by atoms with Crippen LogP contribution in [0.5, 0.6) is 0 Å². The minimum Gasteiger partial charge on any atom is -0.398 e. The second kappa shape index (κ2) is 6.35. The van der Waals surface area contributed by atoms with Gasteiger partial charge in [0.15, 0.2) is 0 Å². The average Bonchev–Trinajstić information content (AvgIpc) is 2.37. The summed E-state index contributed by atoms with van der Waals surface area (Å²) in [7, 11) is -3.55. The molecule has 4 nitrogen and oxygen atoms in total. The quantitative estimate of drug-likeness (QED) is 0.835. The van der Waals surface area contributed by atoms with Gasteiger partial charge in [0.2, 0.25) is 10.0 Å². The lowest BCUT2D eigenvalue weighted by molar-refractivity contribution is 0.477. The Balaban J connectivity index is 2.05. The van der Waals surface area contributed by atoms with Crippen LogP contribution < -0.4 is 10.5 Å². The van der Waals surface area contributed by atoms with Gasteiger partial charge in [0, 0.05) is 11.6 Å². The van der Waals surface area contributed by atoms with Gasteiger partial charge in [-0.15, -0.1) is 0 Å². The molecule has 1 aliphatic rings. The lowest BCUT2D eigenvalue weighted by Crippen LogP contribution is -2.31. The highest BCUT2D eigenvalue weighted by Gasteiger charge is 2.20. The topological polar surface area (TPSA) is 72.2 Å².